The summed E-state index contributed by atoms with van der Waals surface area (Å²) in [5.41, 5.74) is 5.42. The number of esters is 1. The van der Waals surface area contributed by atoms with Gasteiger partial charge in [0.2, 0.25) is 0 Å². The van der Waals surface area contributed by atoms with Crippen molar-refractivity contribution in [3.05, 3.63) is 10.6 Å². The first-order valence-electron chi connectivity index (χ1n) is 5.95. The Bertz CT molecular complexity index is 503. The summed E-state index contributed by atoms with van der Waals surface area (Å²) in [4.78, 5) is 11.3. The molecule has 2 N–H and O–H groups in total. The van der Waals surface area contributed by atoms with Crippen molar-refractivity contribution in [3.63, 3.8) is 0 Å². The maximum absolute atomic E-state index is 12.3. The third-order valence-corrected chi connectivity index (χ3v) is 5.99. The van der Waals surface area contributed by atoms with Crippen LogP contribution in [-0.2, 0) is 19.6 Å². The van der Waals surface area contributed by atoms with Crippen LogP contribution in [0.15, 0.2) is 10.6 Å². The molecule has 0 amide bonds. The second-order valence-electron chi connectivity index (χ2n) is 4.80. The standard InChI is InChI=1S/C11H18N2O4S/c1-13-11(6-4-3-5-7-11)9(12)8(10(14)17-2)18(13,15)16/h3-7,12H2,1-2H3. The highest BCUT2D eigenvalue weighted by atomic mass is 32.2. The molecule has 6 nitrogen and oxygen atoms in total. The summed E-state index contributed by atoms with van der Waals surface area (Å²) >= 11 is 0. The van der Waals surface area contributed by atoms with Crippen LogP contribution in [-0.4, -0.2) is 38.4 Å². The first kappa shape index (κ1) is 13.4. The Labute approximate surface area is 107 Å². The van der Waals surface area contributed by atoms with Crippen LogP contribution in [0.1, 0.15) is 32.1 Å². The molecular formula is C11H18N2O4S. The molecule has 0 aromatic carbocycles. The van der Waals surface area contributed by atoms with E-state index in [4.69, 9.17) is 5.73 Å². The van der Waals surface area contributed by atoms with Gasteiger partial charge in [0.15, 0.2) is 4.91 Å². The number of carbonyl (C=O) groups is 1. The van der Waals surface area contributed by atoms with E-state index < -0.39 is 21.5 Å². The molecule has 1 spiro atoms. The van der Waals surface area contributed by atoms with Crippen molar-refractivity contribution in [2.75, 3.05) is 14.2 Å². The number of likely N-dealkylation sites (N-methyl/N-ethyl adjacent to an activating group) is 1. The number of nitrogens with two attached hydrogens (primary N) is 1. The number of hydrogen-bond acceptors (Lipinski definition) is 5. The minimum absolute atomic E-state index is 0.150. The smallest absolute Gasteiger partial charge is 0.352 e. The normalized spacial score (nSPS) is 26.6. The Morgan fingerprint density at radius 1 is 1.33 bits per heavy atom. The fourth-order valence-electron chi connectivity index (χ4n) is 2.92. The van der Waals surface area contributed by atoms with E-state index in [0.717, 1.165) is 26.4 Å². The average molecular weight is 274 g/mol. The highest BCUT2D eigenvalue weighted by Crippen LogP contribution is 2.46. The second-order valence-corrected chi connectivity index (χ2v) is 6.71. The van der Waals surface area contributed by atoms with Gasteiger partial charge in [-0.05, 0) is 12.8 Å². The average Bonchev–Trinajstić information content (AvgIpc) is 2.50. The minimum atomic E-state index is -3.82. The maximum Gasteiger partial charge on any atom is 0.352 e. The molecular weight excluding hydrogens is 256 g/mol. The third-order valence-electron chi connectivity index (χ3n) is 4.02. The van der Waals surface area contributed by atoms with Crippen LogP contribution in [0.2, 0.25) is 0 Å². The molecule has 18 heavy (non-hydrogen) atoms. The summed E-state index contributed by atoms with van der Waals surface area (Å²) in [6.45, 7) is 0. The zero-order chi connectivity index (χ0) is 13.6. The lowest BCUT2D eigenvalue weighted by Gasteiger charge is -2.38. The van der Waals surface area contributed by atoms with Crippen LogP contribution >= 0.6 is 0 Å². The van der Waals surface area contributed by atoms with E-state index >= 15 is 0 Å². The summed E-state index contributed by atoms with van der Waals surface area (Å²) in [7, 11) is -1.17. The molecule has 1 heterocycles. The Kier molecular flexibility index (Phi) is 3.14. The van der Waals surface area contributed by atoms with Crippen molar-refractivity contribution in [3.8, 4) is 0 Å². The number of carbonyl (C=O) groups excluding carboxylic acids is 1. The van der Waals surface area contributed by atoms with Gasteiger partial charge in [0.25, 0.3) is 10.0 Å². The van der Waals surface area contributed by atoms with Crippen molar-refractivity contribution in [2.45, 2.75) is 37.6 Å². The van der Waals surface area contributed by atoms with Gasteiger partial charge in [0, 0.05) is 7.05 Å². The van der Waals surface area contributed by atoms with Crippen LogP contribution in [0.4, 0.5) is 0 Å². The molecule has 0 saturated heterocycles. The van der Waals surface area contributed by atoms with Crippen LogP contribution < -0.4 is 5.73 Å². The number of sulfonamides is 1. The highest BCUT2D eigenvalue weighted by Gasteiger charge is 2.55. The van der Waals surface area contributed by atoms with Crippen molar-refractivity contribution < 1.29 is 17.9 Å². The predicted octanol–water partition coefficient (Wildman–Crippen LogP) is 0.308. The first-order chi connectivity index (χ1) is 8.38. The molecule has 1 fully saturated rings. The van der Waals surface area contributed by atoms with E-state index in [9.17, 15) is 13.2 Å². The molecule has 0 bridgehead atoms. The highest BCUT2D eigenvalue weighted by molar-refractivity contribution is 7.94. The molecule has 0 aromatic rings. The van der Waals surface area contributed by atoms with Crippen LogP contribution in [0.25, 0.3) is 0 Å². The van der Waals surface area contributed by atoms with Crippen LogP contribution in [0, 0.1) is 0 Å². The molecule has 0 unspecified atom stereocenters. The van der Waals surface area contributed by atoms with E-state index in [0.29, 0.717) is 12.8 Å². The molecule has 0 aromatic heterocycles. The molecule has 0 radical (unpaired) electrons. The Morgan fingerprint density at radius 3 is 2.39 bits per heavy atom. The van der Waals surface area contributed by atoms with Gasteiger partial charge < -0.3 is 10.5 Å². The van der Waals surface area contributed by atoms with Crippen molar-refractivity contribution in [2.24, 2.45) is 5.73 Å². The summed E-state index contributed by atoms with van der Waals surface area (Å²) in [6, 6.07) is 0. The van der Waals surface area contributed by atoms with Gasteiger partial charge in [-0.3, -0.25) is 0 Å². The van der Waals surface area contributed by atoms with Crippen LogP contribution in [0.5, 0.6) is 0 Å². The summed E-state index contributed by atoms with van der Waals surface area (Å²) in [5, 5.41) is 0. The quantitative estimate of drug-likeness (QED) is 0.695. The molecule has 1 aliphatic heterocycles. The number of nitrogens with zero attached hydrogens (tertiary/aromatic N) is 1. The van der Waals surface area contributed by atoms with Gasteiger partial charge in [-0.1, -0.05) is 19.3 Å². The van der Waals surface area contributed by atoms with Gasteiger partial charge >= 0.3 is 5.97 Å². The molecule has 7 heteroatoms. The zero-order valence-electron chi connectivity index (χ0n) is 10.6. The van der Waals surface area contributed by atoms with Gasteiger partial charge in [-0.25, -0.2) is 13.2 Å². The van der Waals surface area contributed by atoms with Crippen LogP contribution in [0.3, 0.4) is 0 Å². The zero-order valence-corrected chi connectivity index (χ0v) is 11.4. The maximum atomic E-state index is 12.3. The van der Waals surface area contributed by atoms with E-state index in [1.54, 1.807) is 0 Å². The van der Waals surface area contributed by atoms with Gasteiger partial charge in [-0.15, -0.1) is 0 Å². The van der Waals surface area contributed by atoms with Gasteiger partial charge in [0.05, 0.1) is 18.3 Å². The summed E-state index contributed by atoms with van der Waals surface area (Å²) < 4.78 is 30.3. The Hall–Kier alpha value is -1.08. The molecule has 1 saturated carbocycles. The molecule has 2 aliphatic rings. The number of rotatable bonds is 1. The Balaban J connectivity index is 2.58. The molecule has 0 atom stereocenters. The number of methoxy groups -OCH3 is 1. The number of ether oxygens (including phenoxy) is 1. The van der Waals surface area contributed by atoms with Gasteiger partial charge in [-0.2, -0.15) is 4.31 Å². The fourth-order valence-corrected chi connectivity index (χ4v) is 4.69. The Morgan fingerprint density at radius 2 is 1.89 bits per heavy atom. The topological polar surface area (TPSA) is 89.7 Å². The third kappa shape index (κ3) is 1.57. The second kappa shape index (κ2) is 4.24. The summed E-state index contributed by atoms with van der Waals surface area (Å²) in [5.74, 6) is -0.873. The lowest BCUT2D eigenvalue weighted by molar-refractivity contribution is -0.135. The van der Waals surface area contributed by atoms with E-state index in [1.807, 2.05) is 0 Å². The molecule has 1 aliphatic carbocycles. The van der Waals surface area contributed by atoms with Crippen molar-refractivity contribution in [1.82, 2.24) is 4.31 Å². The van der Waals surface area contributed by atoms with E-state index in [2.05, 4.69) is 4.74 Å². The molecule has 102 valence electrons. The summed E-state index contributed by atoms with van der Waals surface area (Å²) in [6.07, 6.45) is 4.21. The van der Waals surface area contributed by atoms with Crippen molar-refractivity contribution >= 4 is 16.0 Å². The first-order valence-corrected chi connectivity index (χ1v) is 7.39. The number of hydrogen-bond donors (Lipinski definition) is 1. The fraction of sp³-hybridized carbons (Fsp3) is 0.727. The lowest BCUT2D eigenvalue weighted by Crippen LogP contribution is -2.48. The molecule has 2 rings (SSSR count). The van der Waals surface area contributed by atoms with Crippen molar-refractivity contribution in [1.29, 1.82) is 0 Å². The lowest BCUT2D eigenvalue weighted by atomic mass is 9.79. The minimum Gasteiger partial charge on any atom is -0.465 e. The predicted molar refractivity (Wildman–Crippen MR) is 65.7 cm³/mol. The largest absolute Gasteiger partial charge is 0.465 e. The van der Waals surface area contributed by atoms with E-state index in [-0.39, 0.29) is 10.6 Å². The monoisotopic (exact) mass is 274 g/mol. The van der Waals surface area contributed by atoms with Gasteiger partial charge in [0.1, 0.15) is 0 Å². The van der Waals surface area contributed by atoms with E-state index in [1.165, 1.54) is 11.4 Å². The SMILES string of the molecule is COC(=O)C1=C(N)C2(CCCCC2)N(C)S1(=O)=O.